The molecule has 0 aliphatic heterocycles. The summed E-state index contributed by atoms with van der Waals surface area (Å²) in [4.78, 5) is 8.15. The fourth-order valence-electron chi connectivity index (χ4n) is 2.60. The molecule has 1 aromatic rings. The molecule has 0 spiro atoms. The Morgan fingerprint density at radius 2 is 2.11 bits per heavy atom. The normalized spacial score (nSPS) is 18.6. The zero-order chi connectivity index (χ0) is 13.0. The van der Waals surface area contributed by atoms with Gasteiger partial charge in [0.15, 0.2) is 0 Å². The number of aromatic nitrogens is 2. The third-order valence-electron chi connectivity index (χ3n) is 3.87. The molecule has 1 heterocycles. The molecule has 0 atom stereocenters. The second-order valence-corrected chi connectivity index (χ2v) is 5.33. The summed E-state index contributed by atoms with van der Waals surface area (Å²) in [7, 11) is 0. The van der Waals surface area contributed by atoms with E-state index >= 15 is 0 Å². The van der Waals surface area contributed by atoms with Crippen molar-refractivity contribution >= 4 is 11.8 Å². The van der Waals surface area contributed by atoms with Crippen molar-refractivity contribution in [3.63, 3.8) is 0 Å². The van der Waals surface area contributed by atoms with E-state index < -0.39 is 0 Å². The van der Waals surface area contributed by atoms with Gasteiger partial charge in [-0.3, -0.25) is 0 Å². The Hall–Kier alpha value is -1.36. The average Bonchev–Trinajstić information content (AvgIpc) is 2.41. The molecule has 1 aliphatic rings. The first-order valence-corrected chi connectivity index (χ1v) is 6.59. The number of aliphatic hydroxyl groups is 1. The van der Waals surface area contributed by atoms with Crippen LogP contribution in [0.1, 0.15) is 37.7 Å². The second kappa shape index (κ2) is 5.52. The van der Waals surface area contributed by atoms with Crippen LogP contribution in [0.3, 0.4) is 0 Å². The molecule has 5 heteroatoms. The third kappa shape index (κ3) is 2.90. The predicted molar refractivity (Wildman–Crippen MR) is 72.3 cm³/mol. The van der Waals surface area contributed by atoms with E-state index in [-0.39, 0.29) is 18.0 Å². The molecule has 0 aromatic carbocycles. The molecule has 1 saturated carbocycles. The molecule has 1 aromatic heterocycles. The lowest BCUT2D eigenvalue weighted by atomic mass is 9.74. The third-order valence-corrected chi connectivity index (χ3v) is 3.87. The minimum atomic E-state index is 0.00437. The number of nitrogen functional groups attached to an aromatic ring is 1. The van der Waals surface area contributed by atoms with Gasteiger partial charge in [0.25, 0.3) is 0 Å². The number of nitrogens with one attached hydrogen (secondary N) is 1. The molecule has 4 N–H and O–H groups in total. The Kier molecular flexibility index (Phi) is 4.01. The molecule has 1 aliphatic carbocycles. The summed E-state index contributed by atoms with van der Waals surface area (Å²) in [5.74, 6) is 1.06. The van der Waals surface area contributed by atoms with Crippen molar-refractivity contribution in [1.29, 1.82) is 0 Å². The molecule has 5 nitrogen and oxygen atoms in total. The van der Waals surface area contributed by atoms with Gasteiger partial charge in [0, 0.05) is 23.7 Å². The summed E-state index contributed by atoms with van der Waals surface area (Å²) >= 11 is 0. The van der Waals surface area contributed by atoms with Crippen molar-refractivity contribution in [2.24, 2.45) is 5.41 Å². The molecule has 0 radical (unpaired) electrons. The summed E-state index contributed by atoms with van der Waals surface area (Å²) < 4.78 is 0. The maximum absolute atomic E-state index is 9.65. The van der Waals surface area contributed by atoms with Crippen molar-refractivity contribution < 1.29 is 5.11 Å². The summed E-state index contributed by atoms with van der Waals surface area (Å²) in [6.45, 7) is 2.94. The molecule has 18 heavy (non-hydrogen) atoms. The minimum absolute atomic E-state index is 0.00437. The Bertz CT molecular complexity index is 402. The quantitative estimate of drug-likeness (QED) is 0.757. The summed E-state index contributed by atoms with van der Waals surface area (Å²) in [5.41, 5.74) is 6.57. The van der Waals surface area contributed by atoms with Gasteiger partial charge in [-0.05, 0) is 19.8 Å². The van der Waals surface area contributed by atoms with Gasteiger partial charge in [0.2, 0.25) is 5.95 Å². The maximum atomic E-state index is 9.65. The van der Waals surface area contributed by atoms with Crippen LogP contribution >= 0.6 is 0 Å². The maximum Gasteiger partial charge on any atom is 0.221 e. The first-order chi connectivity index (χ1) is 8.65. The van der Waals surface area contributed by atoms with Crippen LogP contribution in [0.25, 0.3) is 0 Å². The van der Waals surface area contributed by atoms with Crippen LogP contribution in [-0.4, -0.2) is 28.2 Å². The van der Waals surface area contributed by atoms with Gasteiger partial charge in [0.05, 0.1) is 6.61 Å². The molecule has 0 unspecified atom stereocenters. The number of nitrogens with zero attached hydrogens (tertiary/aromatic N) is 2. The zero-order valence-corrected chi connectivity index (χ0v) is 10.9. The van der Waals surface area contributed by atoms with Gasteiger partial charge in [-0.25, -0.2) is 4.98 Å². The van der Waals surface area contributed by atoms with Crippen molar-refractivity contribution in [2.45, 2.75) is 39.0 Å². The van der Waals surface area contributed by atoms with Crippen LogP contribution in [0.2, 0.25) is 0 Å². The van der Waals surface area contributed by atoms with Crippen LogP contribution in [-0.2, 0) is 0 Å². The molecular formula is C13H22N4O. The van der Waals surface area contributed by atoms with Gasteiger partial charge >= 0.3 is 0 Å². The van der Waals surface area contributed by atoms with Crippen LogP contribution in [0.5, 0.6) is 0 Å². The zero-order valence-electron chi connectivity index (χ0n) is 10.9. The Morgan fingerprint density at radius 1 is 1.39 bits per heavy atom. The number of nitrogens with two attached hydrogens (primary N) is 1. The second-order valence-electron chi connectivity index (χ2n) is 5.33. The molecule has 100 valence electrons. The van der Waals surface area contributed by atoms with Crippen LogP contribution in [0.4, 0.5) is 11.8 Å². The van der Waals surface area contributed by atoms with Gasteiger partial charge in [-0.1, -0.05) is 19.3 Å². The lowest BCUT2D eigenvalue weighted by Gasteiger charge is -2.36. The number of hydrogen-bond donors (Lipinski definition) is 3. The Labute approximate surface area is 108 Å². The van der Waals surface area contributed by atoms with E-state index in [1.165, 1.54) is 19.3 Å². The van der Waals surface area contributed by atoms with Crippen molar-refractivity contribution in [1.82, 2.24) is 9.97 Å². The largest absolute Gasteiger partial charge is 0.396 e. The summed E-state index contributed by atoms with van der Waals surface area (Å²) in [6, 6.07) is 0. The van der Waals surface area contributed by atoms with E-state index in [1.54, 1.807) is 6.20 Å². The van der Waals surface area contributed by atoms with Crippen LogP contribution in [0, 0.1) is 12.3 Å². The van der Waals surface area contributed by atoms with E-state index in [0.29, 0.717) is 0 Å². The number of rotatable bonds is 4. The fourth-order valence-corrected chi connectivity index (χ4v) is 2.60. The number of hydrogen-bond acceptors (Lipinski definition) is 5. The van der Waals surface area contributed by atoms with Crippen molar-refractivity contribution in [3.05, 3.63) is 11.8 Å². The minimum Gasteiger partial charge on any atom is -0.396 e. The lowest BCUT2D eigenvalue weighted by Crippen LogP contribution is -2.35. The molecule has 0 amide bonds. The van der Waals surface area contributed by atoms with Crippen molar-refractivity contribution in [2.75, 3.05) is 24.2 Å². The molecule has 2 rings (SSSR count). The SMILES string of the molecule is Cc1cnc(N)nc1NCC1(CO)CCCCC1. The molecular weight excluding hydrogens is 228 g/mol. The van der Waals surface area contributed by atoms with Crippen LogP contribution in [0.15, 0.2) is 6.20 Å². The lowest BCUT2D eigenvalue weighted by molar-refractivity contribution is 0.0943. The Morgan fingerprint density at radius 3 is 2.78 bits per heavy atom. The fraction of sp³-hybridized carbons (Fsp3) is 0.692. The molecule has 0 bridgehead atoms. The van der Waals surface area contributed by atoms with E-state index in [4.69, 9.17) is 5.73 Å². The van der Waals surface area contributed by atoms with Crippen molar-refractivity contribution in [3.8, 4) is 0 Å². The highest BCUT2D eigenvalue weighted by Crippen LogP contribution is 2.36. The monoisotopic (exact) mass is 250 g/mol. The highest BCUT2D eigenvalue weighted by molar-refractivity contribution is 5.45. The number of aryl methyl sites for hydroxylation is 1. The summed E-state index contributed by atoms with van der Waals surface area (Å²) in [5, 5.41) is 13.0. The highest BCUT2D eigenvalue weighted by Gasteiger charge is 2.31. The van der Waals surface area contributed by atoms with E-state index in [1.807, 2.05) is 6.92 Å². The first kappa shape index (κ1) is 13.1. The van der Waals surface area contributed by atoms with Gasteiger partial charge in [0.1, 0.15) is 5.82 Å². The topological polar surface area (TPSA) is 84.1 Å². The molecule has 1 fully saturated rings. The average molecular weight is 250 g/mol. The smallest absolute Gasteiger partial charge is 0.221 e. The number of anilines is 2. The van der Waals surface area contributed by atoms with E-state index in [9.17, 15) is 5.11 Å². The Balaban J connectivity index is 2.03. The highest BCUT2D eigenvalue weighted by atomic mass is 16.3. The predicted octanol–water partition coefficient (Wildman–Crippen LogP) is 1.72. The number of aliphatic hydroxyl groups excluding tert-OH is 1. The van der Waals surface area contributed by atoms with E-state index in [0.717, 1.165) is 30.8 Å². The first-order valence-electron chi connectivity index (χ1n) is 6.59. The molecule has 0 saturated heterocycles. The van der Waals surface area contributed by atoms with Gasteiger partial charge in [-0.2, -0.15) is 4.98 Å². The summed E-state index contributed by atoms with van der Waals surface area (Å²) in [6.07, 6.45) is 7.56. The van der Waals surface area contributed by atoms with Gasteiger partial charge < -0.3 is 16.2 Å². The van der Waals surface area contributed by atoms with Gasteiger partial charge in [-0.15, -0.1) is 0 Å². The van der Waals surface area contributed by atoms with Crippen LogP contribution < -0.4 is 11.1 Å². The van der Waals surface area contributed by atoms with E-state index in [2.05, 4.69) is 15.3 Å². The standard InChI is InChI=1S/C13H22N4O/c1-10-7-15-12(14)17-11(10)16-8-13(9-18)5-3-2-4-6-13/h7,18H,2-6,8-9H2,1H3,(H3,14,15,16,17).